The molecule has 0 bridgehead atoms. The van der Waals surface area contributed by atoms with Crippen LogP contribution >= 0.6 is 11.6 Å². The number of halogens is 1. The predicted octanol–water partition coefficient (Wildman–Crippen LogP) is 5.45. The van der Waals surface area contributed by atoms with Crippen molar-refractivity contribution in [2.75, 3.05) is 24.3 Å². The topological polar surface area (TPSA) is 52.7 Å². The van der Waals surface area contributed by atoms with Crippen LogP contribution in [0.4, 0.5) is 11.4 Å². The molecular weight excluding hydrogens is 410 g/mol. The fraction of sp³-hybridized carbons (Fsp3) is 0.440. The Balaban J connectivity index is 2.48. The summed E-state index contributed by atoms with van der Waals surface area (Å²) >= 11 is 5.91. The van der Waals surface area contributed by atoms with Crippen LogP contribution < -0.4 is 10.2 Å². The third-order valence-corrected chi connectivity index (χ3v) is 5.38. The van der Waals surface area contributed by atoms with Crippen LogP contribution in [0, 0.1) is 5.41 Å². The molecule has 0 unspecified atom stereocenters. The second-order valence-electron chi connectivity index (χ2n) is 9.11. The van der Waals surface area contributed by atoms with Crippen LogP contribution in [0.25, 0.3) is 0 Å². The van der Waals surface area contributed by atoms with Crippen molar-refractivity contribution in [3.05, 3.63) is 59.7 Å². The molecule has 0 radical (unpaired) electrons. The third-order valence-electron chi connectivity index (χ3n) is 5.18. The van der Waals surface area contributed by atoms with Gasteiger partial charge in [0.05, 0.1) is 6.04 Å². The van der Waals surface area contributed by atoms with E-state index < -0.39 is 10.8 Å². The van der Waals surface area contributed by atoms with Crippen LogP contribution in [0.3, 0.4) is 0 Å². The number of anilines is 2. The Morgan fingerprint density at radius 1 is 1.03 bits per heavy atom. The van der Waals surface area contributed by atoms with E-state index in [1.807, 2.05) is 93.2 Å². The molecule has 0 fully saturated rings. The Bertz CT molecular complexity index is 905. The van der Waals surface area contributed by atoms with Gasteiger partial charge >= 0.3 is 0 Å². The number of nitrogens with one attached hydrogen (secondary N) is 1. The van der Waals surface area contributed by atoms with Gasteiger partial charge in [0.2, 0.25) is 11.8 Å². The van der Waals surface area contributed by atoms with Gasteiger partial charge in [0.25, 0.3) is 0 Å². The smallest absolute Gasteiger partial charge is 0.242 e. The van der Waals surface area contributed by atoms with Crippen molar-refractivity contribution >= 4 is 34.8 Å². The maximum atomic E-state index is 13.4. The summed E-state index contributed by atoms with van der Waals surface area (Å²) in [5, 5.41) is 2.22. The molecule has 2 rings (SSSR count). The molecule has 0 saturated heterocycles. The summed E-state index contributed by atoms with van der Waals surface area (Å²) in [6.45, 7) is 9.91. The van der Waals surface area contributed by atoms with Crippen molar-refractivity contribution in [3.8, 4) is 0 Å². The second-order valence-corrected chi connectivity index (χ2v) is 9.77. The lowest BCUT2D eigenvalue weighted by atomic mass is 9.92. The Morgan fingerprint density at radius 3 is 2.16 bits per heavy atom. The molecule has 168 valence electrons. The van der Waals surface area contributed by atoms with Crippen molar-refractivity contribution < 1.29 is 9.59 Å². The molecule has 0 saturated carbocycles. The summed E-state index contributed by atoms with van der Waals surface area (Å²) in [5.41, 5.74) is 3.15. The van der Waals surface area contributed by atoms with Crippen molar-refractivity contribution in [1.82, 2.24) is 4.90 Å². The number of carbonyl (C=O) groups excluding carboxylic acids is 2. The van der Waals surface area contributed by atoms with Crippen molar-refractivity contribution in [1.29, 1.82) is 0 Å². The van der Waals surface area contributed by atoms with Crippen LogP contribution in [0.2, 0.25) is 0 Å². The monoisotopic (exact) mass is 443 g/mol. The summed E-state index contributed by atoms with van der Waals surface area (Å²) in [6, 6.07) is 15.7. The van der Waals surface area contributed by atoms with E-state index in [4.69, 9.17) is 11.6 Å². The summed E-state index contributed by atoms with van der Waals surface area (Å²) in [4.78, 5) is 29.4. The van der Waals surface area contributed by atoms with E-state index in [2.05, 4.69) is 12.2 Å². The summed E-state index contributed by atoms with van der Waals surface area (Å²) in [7, 11) is 3.93. The zero-order valence-corrected chi connectivity index (χ0v) is 20.3. The van der Waals surface area contributed by atoms with E-state index >= 15 is 0 Å². The zero-order valence-electron chi connectivity index (χ0n) is 19.6. The van der Waals surface area contributed by atoms with Gasteiger partial charge in [0.15, 0.2) is 0 Å². The quantitative estimate of drug-likeness (QED) is 0.578. The molecule has 0 aliphatic heterocycles. The number of carbonyl (C=O) groups is 2. The number of amides is 2. The first kappa shape index (κ1) is 24.7. The van der Waals surface area contributed by atoms with E-state index in [1.54, 1.807) is 6.92 Å². The van der Waals surface area contributed by atoms with E-state index in [1.165, 1.54) is 0 Å². The minimum atomic E-state index is -0.631. The van der Waals surface area contributed by atoms with Gasteiger partial charge in [-0.05, 0) is 43.2 Å². The summed E-state index contributed by atoms with van der Waals surface area (Å²) < 4.78 is 0. The molecule has 2 aromatic rings. The lowest BCUT2D eigenvalue weighted by Gasteiger charge is -2.35. The number of alkyl halides is 1. The van der Waals surface area contributed by atoms with Crippen LogP contribution in [0.15, 0.2) is 48.5 Å². The van der Waals surface area contributed by atoms with Gasteiger partial charge in [-0.15, -0.1) is 11.6 Å². The number of rotatable bonds is 7. The molecule has 6 heteroatoms. The highest BCUT2D eigenvalue weighted by molar-refractivity contribution is 6.32. The number of benzene rings is 2. The van der Waals surface area contributed by atoms with Crippen molar-refractivity contribution in [2.24, 2.45) is 5.41 Å². The molecule has 0 aliphatic rings. The van der Waals surface area contributed by atoms with E-state index in [0.717, 1.165) is 16.8 Å². The molecule has 1 N–H and O–H groups in total. The Hall–Kier alpha value is -2.53. The zero-order chi connectivity index (χ0) is 23.3. The normalized spacial score (nSPS) is 13.3. The molecule has 0 heterocycles. The molecule has 2 aromatic carbocycles. The van der Waals surface area contributed by atoms with E-state index in [9.17, 15) is 9.59 Å². The molecule has 2 amide bonds. The van der Waals surface area contributed by atoms with Gasteiger partial charge in [-0.25, -0.2) is 0 Å². The highest BCUT2D eigenvalue weighted by atomic mass is 35.5. The molecular formula is C25H34ClN3O2. The minimum absolute atomic E-state index is 0.0670. The van der Waals surface area contributed by atoms with Gasteiger partial charge in [-0.3, -0.25) is 9.59 Å². The summed E-state index contributed by atoms with van der Waals surface area (Å²) in [6.07, 6.45) is 0. The van der Waals surface area contributed by atoms with Gasteiger partial charge in [-0.2, -0.15) is 0 Å². The molecule has 0 aromatic heterocycles. The van der Waals surface area contributed by atoms with Crippen molar-refractivity contribution in [3.63, 3.8) is 0 Å². The lowest BCUT2D eigenvalue weighted by Crippen LogP contribution is -2.40. The fourth-order valence-electron chi connectivity index (χ4n) is 3.38. The minimum Gasteiger partial charge on any atom is -0.377 e. The van der Waals surface area contributed by atoms with Gasteiger partial charge < -0.3 is 15.1 Å². The fourth-order valence-corrected chi connectivity index (χ4v) is 3.43. The molecule has 2 atom stereocenters. The molecule has 31 heavy (non-hydrogen) atoms. The first-order chi connectivity index (χ1) is 14.4. The highest BCUT2D eigenvalue weighted by Crippen LogP contribution is 2.32. The Labute approximate surface area is 191 Å². The Kier molecular flexibility index (Phi) is 8.13. The van der Waals surface area contributed by atoms with Crippen LogP contribution in [-0.2, 0) is 16.1 Å². The largest absolute Gasteiger partial charge is 0.377 e. The lowest BCUT2D eigenvalue weighted by molar-refractivity contribution is -0.142. The second kappa shape index (κ2) is 10.2. The van der Waals surface area contributed by atoms with E-state index in [-0.39, 0.29) is 17.9 Å². The van der Waals surface area contributed by atoms with Gasteiger partial charge in [-0.1, -0.05) is 51.1 Å². The van der Waals surface area contributed by atoms with Crippen LogP contribution in [0.5, 0.6) is 0 Å². The molecule has 5 nitrogen and oxygen atoms in total. The summed E-state index contributed by atoms with van der Waals surface area (Å²) in [5.74, 6) is -0.192. The third kappa shape index (κ3) is 6.47. The number of nitrogens with zero attached hydrogens (tertiary/aromatic N) is 2. The maximum absolute atomic E-state index is 13.4. The average molecular weight is 444 g/mol. The molecule has 0 aliphatic carbocycles. The molecule has 0 spiro atoms. The van der Waals surface area contributed by atoms with E-state index in [0.29, 0.717) is 12.2 Å². The van der Waals surface area contributed by atoms with Gasteiger partial charge in [0, 0.05) is 37.4 Å². The number of hydrogen-bond acceptors (Lipinski definition) is 3. The number of hydrogen-bond donors (Lipinski definition) is 1. The first-order valence-electron chi connectivity index (χ1n) is 10.5. The van der Waals surface area contributed by atoms with Crippen LogP contribution in [-0.4, -0.2) is 36.2 Å². The highest BCUT2D eigenvalue weighted by Gasteiger charge is 2.31. The standard InChI is InChI=1S/C25H34ClN3O2/c1-17(26)23(30)27-21-13-14-22(28(6)7)20(15-21)16-29(24(31)25(3,4)5)18(2)19-11-9-8-10-12-19/h8-15,17-18H,16H2,1-7H3,(H,27,30)/t17-,18-/m0/s1. The predicted molar refractivity (Wildman–Crippen MR) is 130 cm³/mol. The average Bonchev–Trinajstić information content (AvgIpc) is 2.70. The van der Waals surface area contributed by atoms with Crippen LogP contribution in [0.1, 0.15) is 51.8 Å². The maximum Gasteiger partial charge on any atom is 0.242 e. The van der Waals surface area contributed by atoms with Crippen molar-refractivity contribution in [2.45, 2.75) is 52.6 Å². The Morgan fingerprint density at radius 2 is 1.65 bits per heavy atom. The first-order valence-corrected chi connectivity index (χ1v) is 11.0. The van der Waals surface area contributed by atoms with Gasteiger partial charge in [0.1, 0.15) is 5.38 Å². The SMILES string of the molecule is C[C@H](Cl)C(=O)Nc1ccc(N(C)C)c(CN(C(=O)C(C)(C)C)[C@@H](C)c2ccccc2)c1.